The van der Waals surface area contributed by atoms with E-state index < -0.39 is 17.9 Å². The van der Waals surface area contributed by atoms with Crippen molar-refractivity contribution in [1.82, 2.24) is 15.2 Å². The number of hydrogen-bond donors (Lipinski definition) is 1. The van der Waals surface area contributed by atoms with Crippen LogP contribution in [0.4, 0.5) is 0 Å². The van der Waals surface area contributed by atoms with E-state index in [2.05, 4.69) is 10.3 Å². The summed E-state index contributed by atoms with van der Waals surface area (Å²) in [7, 11) is 1.36. The molecule has 6 nitrogen and oxygen atoms in total. The molecular weight excluding hydrogens is 408 g/mol. The summed E-state index contributed by atoms with van der Waals surface area (Å²) in [5.74, 6) is -0.902. The van der Waals surface area contributed by atoms with Crippen LogP contribution in [-0.4, -0.2) is 34.8 Å². The smallest absolute Gasteiger partial charge is 0.258 e. The number of nitriles is 1. The Bertz CT molecular complexity index is 1050. The fourth-order valence-electron chi connectivity index (χ4n) is 2.75. The number of nitrogens with one attached hydrogen (secondary N) is 1. The summed E-state index contributed by atoms with van der Waals surface area (Å²) < 4.78 is 0. The minimum absolute atomic E-state index is 0.214. The molecule has 0 saturated carbocycles. The fourth-order valence-corrected chi connectivity index (χ4v) is 3.66. The van der Waals surface area contributed by atoms with E-state index in [0.29, 0.717) is 15.6 Å². The topological polar surface area (TPSA) is 86.1 Å². The first-order valence-electron chi connectivity index (χ1n) is 8.71. The Hall–Kier alpha value is -3.21. The van der Waals surface area contributed by atoms with Gasteiger partial charge in [0.2, 0.25) is 0 Å². The number of amides is 2. The molecule has 0 aliphatic carbocycles. The number of rotatable bonds is 6. The molecule has 0 fully saturated rings. The number of likely N-dealkylation sites (N-methyl/N-ethyl adjacent to an activating group) is 1. The van der Waals surface area contributed by atoms with Crippen LogP contribution in [0.3, 0.4) is 0 Å². The molecule has 0 unspecified atom stereocenters. The Morgan fingerprint density at radius 2 is 1.97 bits per heavy atom. The number of nitrogens with zero attached hydrogens (tertiary/aromatic N) is 3. The predicted molar refractivity (Wildman–Crippen MR) is 112 cm³/mol. The van der Waals surface area contributed by atoms with E-state index in [1.54, 1.807) is 48.1 Å². The van der Waals surface area contributed by atoms with Crippen molar-refractivity contribution in [1.29, 1.82) is 5.26 Å². The van der Waals surface area contributed by atoms with E-state index >= 15 is 0 Å². The Balaban J connectivity index is 1.77. The van der Waals surface area contributed by atoms with Gasteiger partial charge in [0.15, 0.2) is 6.19 Å². The molecule has 1 atom stereocenters. The average molecular weight is 425 g/mol. The molecular formula is C21H17ClN4O2S. The highest BCUT2D eigenvalue weighted by Crippen LogP contribution is 2.27. The fraction of sp³-hybridized carbons (Fsp3) is 0.143. The van der Waals surface area contributed by atoms with Crippen LogP contribution in [0.5, 0.6) is 0 Å². The Morgan fingerprint density at radius 3 is 2.59 bits per heavy atom. The van der Waals surface area contributed by atoms with E-state index in [1.165, 1.54) is 18.4 Å². The zero-order valence-corrected chi connectivity index (χ0v) is 17.1. The zero-order chi connectivity index (χ0) is 20.8. The van der Waals surface area contributed by atoms with Gasteiger partial charge in [-0.15, -0.1) is 11.3 Å². The highest BCUT2D eigenvalue weighted by atomic mass is 35.5. The highest BCUT2D eigenvalue weighted by molar-refractivity contribution is 7.09. The molecule has 2 amide bonds. The second kappa shape index (κ2) is 9.32. The van der Waals surface area contributed by atoms with Crippen LogP contribution < -0.4 is 5.32 Å². The lowest BCUT2D eigenvalue weighted by molar-refractivity contribution is -0.129. The molecule has 146 valence electrons. The molecule has 0 radical (unpaired) electrons. The molecule has 0 aliphatic heterocycles. The van der Waals surface area contributed by atoms with Crippen molar-refractivity contribution in [3.63, 3.8) is 0 Å². The van der Waals surface area contributed by atoms with Crippen molar-refractivity contribution < 1.29 is 9.59 Å². The van der Waals surface area contributed by atoms with Crippen LogP contribution in [0.15, 0.2) is 60.1 Å². The minimum atomic E-state index is -0.887. The Morgan fingerprint density at radius 1 is 1.24 bits per heavy atom. The van der Waals surface area contributed by atoms with Gasteiger partial charge in [-0.1, -0.05) is 41.9 Å². The molecule has 2 aromatic carbocycles. The highest BCUT2D eigenvalue weighted by Gasteiger charge is 2.26. The average Bonchev–Trinajstić information content (AvgIpc) is 3.25. The molecule has 1 aromatic heterocycles. The van der Waals surface area contributed by atoms with E-state index in [1.807, 2.05) is 18.2 Å². The second-order valence-corrected chi connectivity index (χ2v) is 7.60. The Labute approximate surface area is 177 Å². The van der Waals surface area contributed by atoms with Crippen LogP contribution in [0.1, 0.15) is 15.4 Å². The van der Waals surface area contributed by atoms with Crippen LogP contribution in [-0.2, 0) is 11.2 Å². The van der Waals surface area contributed by atoms with Crippen molar-refractivity contribution in [3.05, 3.63) is 75.7 Å². The van der Waals surface area contributed by atoms with Gasteiger partial charge in [0.1, 0.15) is 6.04 Å². The standard InChI is InChI=1S/C21H17ClN4O2S/c1-26(13-23)21(28)18(12-19-24-10-11-29-19)25-20(27)15-8-6-14(7-9-15)16-4-2-3-5-17(16)22/h2-11,18H,12H2,1H3,(H,25,27)/t18-/m0/s1. The molecule has 0 bridgehead atoms. The van der Waals surface area contributed by atoms with Gasteiger partial charge in [-0.2, -0.15) is 5.26 Å². The molecule has 0 aliphatic rings. The monoisotopic (exact) mass is 424 g/mol. The van der Waals surface area contributed by atoms with Crippen LogP contribution in [0.25, 0.3) is 11.1 Å². The van der Waals surface area contributed by atoms with Gasteiger partial charge in [0, 0.05) is 41.2 Å². The quantitative estimate of drug-likeness (QED) is 0.482. The van der Waals surface area contributed by atoms with E-state index in [-0.39, 0.29) is 6.42 Å². The normalized spacial score (nSPS) is 11.3. The van der Waals surface area contributed by atoms with Crippen molar-refractivity contribution >= 4 is 34.8 Å². The second-order valence-electron chi connectivity index (χ2n) is 6.21. The van der Waals surface area contributed by atoms with E-state index in [0.717, 1.165) is 16.0 Å². The molecule has 8 heteroatoms. The number of hydrogen-bond acceptors (Lipinski definition) is 5. The molecule has 1 N–H and O–H groups in total. The summed E-state index contributed by atoms with van der Waals surface area (Å²) in [5.41, 5.74) is 2.15. The van der Waals surface area contributed by atoms with E-state index in [4.69, 9.17) is 16.9 Å². The third-order valence-corrected chi connectivity index (χ3v) is 5.41. The lowest BCUT2D eigenvalue weighted by atomic mass is 10.0. The summed E-state index contributed by atoms with van der Waals surface area (Å²) in [6, 6.07) is 13.5. The maximum atomic E-state index is 12.7. The number of benzene rings is 2. The third-order valence-electron chi connectivity index (χ3n) is 4.28. The van der Waals surface area contributed by atoms with Crippen molar-refractivity contribution in [2.24, 2.45) is 0 Å². The van der Waals surface area contributed by atoms with Gasteiger partial charge < -0.3 is 5.32 Å². The summed E-state index contributed by atoms with van der Waals surface area (Å²) in [5, 5.41) is 14.8. The molecule has 29 heavy (non-hydrogen) atoms. The van der Waals surface area contributed by atoms with Gasteiger partial charge in [0.05, 0.1) is 5.01 Å². The molecule has 3 aromatic rings. The summed E-state index contributed by atoms with van der Waals surface area (Å²) >= 11 is 7.61. The summed E-state index contributed by atoms with van der Waals surface area (Å²) in [6.07, 6.45) is 3.62. The minimum Gasteiger partial charge on any atom is -0.340 e. The lowest BCUT2D eigenvalue weighted by Gasteiger charge is -2.19. The number of carbonyl (C=O) groups is 2. The lowest BCUT2D eigenvalue weighted by Crippen LogP contribution is -2.47. The van der Waals surface area contributed by atoms with Crippen molar-refractivity contribution in [2.45, 2.75) is 12.5 Å². The van der Waals surface area contributed by atoms with Crippen LogP contribution >= 0.6 is 22.9 Å². The van der Waals surface area contributed by atoms with Crippen LogP contribution in [0.2, 0.25) is 5.02 Å². The van der Waals surface area contributed by atoms with Gasteiger partial charge in [-0.3, -0.25) is 14.5 Å². The Kier molecular flexibility index (Phi) is 6.60. The number of carbonyl (C=O) groups excluding carboxylic acids is 2. The number of halogens is 1. The van der Waals surface area contributed by atoms with E-state index in [9.17, 15) is 9.59 Å². The van der Waals surface area contributed by atoms with Gasteiger partial charge in [-0.05, 0) is 23.8 Å². The summed E-state index contributed by atoms with van der Waals surface area (Å²) in [6.45, 7) is 0. The number of thiazole rings is 1. The number of aromatic nitrogens is 1. The van der Waals surface area contributed by atoms with Crippen molar-refractivity contribution in [2.75, 3.05) is 7.05 Å². The SMILES string of the molecule is CN(C#N)C(=O)[C@H](Cc1nccs1)NC(=O)c1ccc(-c2ccccc2Cl)cc1. The first kappa shape index (κ1) is 20.5. The molecule has 1 heterocycles. The molecule has 0 spiro atoms. The van der Waals surface area contributed by atoms with Gasteiger partial charge in [0.25, 0.3) is 11.8 Å². The van der Waals surface area contributed by atoms with Gasteiger partial charge >= 0.3 is 0 Å². The van der Waals surface area contributed by atoms with Gasteiger partial charge in [-0.25, -0.2) is 4.98 Å². The third kappa shape index (κ3) is 4.99. The summed E-state index contributed by atoms with van der Waals surface area (Å²) in [4.78, 5) is 30.3. The van der Waals surface area contributed by atoms with Crippen molar-refractivity contribution in [3.8, 4) is 17.3 Å². The molecule has 0 saturated heterocycles. The largest absolute Gasteiger partial charge is 0.340 e. The predicted octanol–water partition coefficient (Wildman–Crippen LogP) is 3.74. The first-order chi connectivity index (χ1) is 14.0. The zero-order valence-electron chi connectivity index (χ0n) is 15.5. The maximum absolute atomic E-state index is 12.7. The first-order valence-corrected chi connectivity index (χ1v) is 9.97. The maximum Gasteiger partial charge on any atom is 0.258 e. The van der Waals surface area contributed by atoms with Crippen LogP contribution in [0, 0.1) is 11.5 Å². The molecule has 3 rings (SSSR count).